The normalized spacial score (nSPS) is 10.8. The van der Waals surface area contributed by atoms with E-state index in [2.05, 4.69) is 4.74 Å². The second-order valence-corrected chi connectivity index (χ2v) is 3.41. The molecule has 0 spiro atoms. The molecule has 0 atom stereocenters. The summed E-state index contributed by atoms with van der Waals surface area (Å²) in [6, 6.07) is 3.57. The number of methoxy groups -OCH3 is 1. The van der Waals surface area contributed by atoms with Crippen LogP contribution in [-0.2, 0) is 11.8 Å². The number of carbonyl (C=O) groups excluding carboxylic acids is 1. The van der Waals surface area contributed by atoms with Crippen molar-refractivity contribution in [3.8, 4) is 0 Å². The van der Waals surface area contributed by atoms with Gasteiger partial charge in [0.25, 0.3) is 0 Å². The van der Waals surface area contributed by atoms with Crippen LogP contribution in [0.1, 0.15) is 10.5 Å². The number of aromatic nitrogens is 1. The number of esters is 1. The molecule has 0 bridgehead atoms. The zero-order chi connectivity index (χ0) is 11.9. The van der Waals surface area contributed by atoms with Crippen LogP contribution >= 0.6 is 0 Å². The molecule has 16 heavy (non-hydrogen) atoms. The Labute approximate surface area is 90.2 Å². The molecule has 1 aromatic heterocycles. The van der Waals surface area contributed by atoms with Crippen molar-refractivity contribution < 1.29 is 18.3 Å². The van der Waals surface area contributed by atoms with Crippen LogP contribution in [-0.4, -0.2) is 17.6 Å². The van der Waals surface area contributed by atoms with Crippen molar-refractivity contribution in [1.29, 1.82) is 0 Å². The molecule has 0 unspecified atom stereocenters. The lowest BCUT2D eigenvalue weighted by Crippen LogP contribution is -2.06. The van der Waals surface area contributed by atoms with Crippen molar-refractivity contribution >= 4 is 16.9 Å². The van der Waals surface area contributed by atoms with Crippen molar-refractivity contribution in [3.63, 3.8) is 0 Å². The fourth-order valence-electron chi connectivity index (χ4n) is 1.63. The van der Waals surface area contributed by atoms with E-state index in [1.807, 2.05) is 0 Å². The summed E-state index contributed by atoms with van der Waals surface area (Å²) in [5, 5.41) is 0.460. The number of carbonyl (C=O) groups is 1. The van der Waals surface area contributed by atoms with E-state index in [4.69, 9.17) is 0 Å². The summed E-state index contributed by atoms with van der Waals surface area (Å²) in [5.41, 5.74) is 0.696. The Balaban J connectivity index is 2.73. The molecule has 0 saturated carbocycles. The molecule has 2 aromatic rings. The summed E-state index contributed by atoms with van der Waals surface area (Å²) >= 11 is 0. The summed E-state index contributed by atoms with van der Waals surface area (Å²) in [7, 11) is 2.84. The van der Waals surface area contributed by atoms with Crippen molar-refractivity contribution in [2.75, 3.05) is 7.11 Å². The molecule has 0 aliphatic heterocycles. The minimum absolute atomic E-state index is 0.252. The smallest absolute Gasteiger partial charge is 0.354 e. The van der Waals surface area contributed by atoms with Gasteiger partial charge in [0.15, 0.2) is 11.6 Å². The Morgan fingerprint density at radius 2 is 1.88 bits per heavy atom. The monoisotopic (exact) mass is 225 g/mol. The maximum Gasteiger partial charge on any atom is 0.354 e. The average molecular weight is 225 g/mol. The molecule has 84 valence electrons. The van der Waals surface area contributed by atoms with Crippen molar-refractivity contribution in [1.82, 2.24) is 4.57 Å². The second-order valence-electron chi connectivity index (χ2n) is 3.41. The van der Waals surface area contributed by atoms with Gasteiger partial charge in [-0.25, -0.2) is 13.6 Å². The highest BCUT2D eigenvalue weighted by atomic mass is 19.2. The number of halogens is 2. The average Bonchev–Trinajstić information content (AvgIpc) is 2.56. The third-order valence-corrected chi connectivity index (χ3v) is 2.48. The number of ether oxygens (including phenoxy) is 1. The van der Waals surface area contributed by atoms with Crippen LogP contribution in [0.4, 0.5) is 8.78 Å². The van der Waals surface area contributed by atoms with Gasteiger partial charge in [0.2, 0.25) is 0 Å². The first kappa shape index (κ1) is 10.6. The SMILES string of the molecule is COC(=O)c1cc2cc(F)c(F)cc2n1C. The maximum atomic E-state index is 13.0. The fraction of sp³-hybridized carbons (Fsp3) is 0.182. The lowest BCUT2D eigenvalue weighted by molar-refractivity contribution is 0.0590. The van der Waals surface area contributed by atoms with Gasteiger partial charge < -0.3 is 9.30 Å². The van der Waals surface area contributed by atoms with Gasteiger partial charge in [-0.1, -0.05) is 0 Å². The van der Waals surface area contributed by atoms with Crippen LogP contribution in [0, 0.1) is 11.6 Å². The number of rotatable bonds is 1. The molecule has 0 saturated heterocycles. The molecular weight excluding hydrogens is 216 g/mol. The first-order chi connectivity index (χ1) is 7.54. The number of fused-ring (bicyclic) bond motifs is 1. The fourth-order valence-corrected chi connectivity index (χ4v) is 1.63. The van der Waals surface area contributed by atoms with Gasteiger partial charge in [-0.05, 0) is 12.1 Å². The van der Waals surface area contributed by atoms with E-state index in [1.165, 1.54) is 17.7 Å². The van der Waals surface area contributed by atoms with Gasteiger partial charge in [-0.3, -0.25) is 0 Å². The predicted molar refractivity (Wildman–Crippen MR) is 54.2 cm³/mol. The minimum atomic E-state index is -0.940. The van der Waals surface area contributed by atoms with Gasteiger partial charge >= 0.3 is 5.97 Å². The third-order valence-electron chi connectivity index (χ3n) is 2.48. The standard InChI is InChI=1S/C11H9F2NO2/c1-14-9-5-8(13)7(12)3-6(9)4-10(14)11(15)16-2/h3-5H,1-2H3. The molecule has 0 radical (unpaired) electrons. The Morgan fingerprint density at radius 3 is 2.50 bits per heavy atom. The lowest BCUT2D eigenvalue weighted by Gasteiger charge is -2.01. The molecule has 1 aromatic carbocycles. The van der Waals surface area contributed by atoms with Crippen molar-refractivity contribution in [2.45, 2.75) is 0 Å². The van der Waals surface area contributed by atoms with Gasteiger partial charge in [-0.2, -0.15) is 0 Å². The van der Waals surface area contributed by atoms with E-state index in [0.29, 0.717) is 10.9 Å². The van der Waals surface area contributed by atoms with Crippen LogP contribution in [0.5, 0.6) is 0 Å². The quantitative estimate of drug-likeness (QED) is 0.697. The Hall–Kier alpha value is -1.91. The number of hydrogen-bond donors (Lipinski definition) is 0. The molecule has 0 fully saturated rings. The molecule has 0 N–H and O–H groups in total. The zero-order valence-corrected chi connectivity index (χ0v) is 8.75. The molecule has 3 nitrogen and oxygen atoms in total. The number of aryl methyl sites for hydroxylation is 1. The second kappa shape index (κ2) is 3.59. The van der Waals surface area contributed by atoms with Crippen LogP contribution < -0.4 is 0 Å². The summed E-state index contributed by atoms with van der Waals surface area (Å²) in [4.78, 5) is 11.3. The Kier molecular flexibility index (Phi) is 2.38. The third kappa shape index (κ3) is 1.44. The van der Waals surface area contributed by atoms with Crippen molar-refractivity contribution in [3.05, 3.63) is 35.5 Å². The van der Waals surface area contributed by atoms with E-state index >= 15 is 0 Å². The molecule has 0 aliphatic carbocycles. The molecule has 0 amide bonds. The van der Waals surface area contributed by atoms with E-state index in [0.717, 1.165) is 12.1 Å². The van der Waals surface area contributed by atoms with Gasteiger partial charge in [-0.15, -0.1) is 0 Å². The molecule has 0 aliphatic rings. The highest BCUT2D eigenvalue weighted by Crippen LogP contribution is 2.22. The summed E-state index contributed by atoms with van der Waals surface area (Å²) in [6.07, 6.45) is 0. The predicted octanol–water partition coefficient (Wildman–Crippen LogP) is 2.24. The zero-order valence-electron chi connectivity index (χ0n) is 8.75. The van der Waals surface area contributed by atoms with Gasteiger partial charge in [0.1, 0.15) is 5.69 Å². The van der Waals surface area contributed by atoms with E-state index in [1.54, 1.807) is 7.05 Å². The number of benzene rings is 1. The highest BCUT2D eigenvalue weighted by molar-refractivity contribution is 5.95. The molecule has 1 heterocycles. The van der Waals surface area contributed by atoms with Crippen LogP contribution in [0.15, 0.2) is 18.2 Å². The van der Waals surface area contributed by atoms with Crippen LogP contribution in [0.25, 0.3) is 10.9 Å². The largest absolute Gasteiger partial charge is 0.464 e. The Morgan fingerprint density at radius 1 is 1.25 bits per heavy atom. The summed E-state index contributed by atoms with van der Waals surface area (Å²) in [5.74, 6) is -2.42. The summed E-state index contributed by atoms with van der Waals surface area (Å²) in [6.45, 7) is 0. The first-order valence-electron chi connectivity index (χ1n) is 4.57. The Bertz CT molecular complexity index is 575. The van der Waals surface area contributed by atoms with Crippen molar-refractivity contribution in [2.24, 2.45) is 7.05 Å². The van der Waals surface area contributed by atoms with Gasteiger partial charge in [0, 0.05) is 18.5 Å². The van der Waals surface area contributed by atoms with Crippen LogP contribution in [0.3, 0.4) is 0 Å². The number of nitrogens with zero attached hydrogens (tertiary/aromatic N) is 1. The molecule has 2 rings (SSSR count). The molecule has 5 heteroatoms. The molecular formula is C11H9F2NO2. The maximum absolute atomic E-state index is 13.0. The topological polar surface area (TPSA) is 31.2 Å². The first-order valence-corrected chi connectivity index (χ1v) is 4.57. The van der Waals surface area contributed by atoms with E-state index in [9.17, 15) is 13.6 Å². The lowest BCUT2D eigenvalue weighted by atomic mass is 10.2. The number of hydrogen-bond acceptors (Lipinski definition) is 2. The summed E-state index contributed by atoms with van der Waals surface area (Å²) < 4.78 is 32.0. The minimum Gasteiger partial charge on any atom is -0.464 e. The highest BCUT2D eigenvalue weighted by Gasteiger charge is 2.15. The van der Waals surface area contributed by atoms with E-state index < -0.39 is 17.6 Å². The van der Waals surface area contributed by atoms with Crippen LogP contribution in [0.2, 0.25) is 0 Å². The van der Waals surface area contributed by atoms with Gasteiger partial charge in [0.05, 0.1) is 12.6 Å². The van der Waals surface area contributed by atoms with E-state index in [-0.39, 0.29) is 5.69 Å².